The van der Waals surface area contributed by atoms with E-state index in [0.29, 0.717) is 43.7 Å². The van der Waals surface area contributed by atoms with E-state index in [1.165, 1.54) is 29.3 Å². The number of nitrogens with one attached hydrogen (secondary N) is 1. The lowest BCUT2D eigenvalue weighted by Gasteiger charge is -2.35. The first-order valence-electron chi connectivity index (χ1n) is 14.4. The molecule has 2 N–H and O–H groups in total. The van der Waals surface area contributed by atoms with Crippen LogP contribution in [0.3, 0.4) is 0 Å². The molecular weight excluding hydrogens is 604 g/mol. The third-order valence-corrected chi connectivity index (χ3v) is 8.07. The molecule has 0 bridgehead atoms. The van der Waals surface area contributed by atoms with E-state index >= 15 is 0 Å². The molecule has 2 aliphatic rings. The average Bonchev–Trinajstić information content (AvgIpc) is 3.46. The fourth-order valence-corrected chi connectivity index (χ4v) is 5.79. The lowest BCUT2D eigenvalue weighted by atomic mass is 9.99. The number of carboxylic acid groups (broad SMARTS) is 1. The fraction of sp³-hybridized carbons (Fsp3) is 0.387. The maximum atomic E-state index is 13.7. The van der Waals surface area contributed by atoms with Gasteiger partial charge in [-0.25, -0.2) is 4.98 Å². The number of nitrogens with zero attached hydrogens (tertiary/aromatic N) is 4. The first kappa shape index (κ1) is 32.2. The molecule has 0 saturated carbocycles. The normalized spacial score (nSPS) is 18.3. The van der Waals surface area contributed by atoms with Crippen molar-refractivity contribution < 1.29 is 41.0 Å². The minimum Gasteiger partial charge on any atom is -0.480 e. The lowest BCUT2D eigenvalue weighted by Crippen LogP contribution is -2.47. The van der Waals surface area contributed by atoms with E-state index in [-0.39, 0.29) is 43.0 Å². The van der Waals surface area contributed by atoms with Crippen molar-refractivity contribution in [2.75, 3.05) is 49.5 Å². The number of amides is 1. The number of pyridine rings is 1. The maximum absolute atomic E-state index is 13.7. The van der Waals surface area contributed by atoms with Gasteiger partial charge in [0.2, 0.25) is 0 Å². The second-order valence-corrected chi connectivity index (χ2v) is 11.1. The van der Waals surface area contributed by atoms with Gasteiger partial charge in [0.05, 0.1) is 12.1 Å². The zero-order chi connectivity index (χ0) is 32.4. The zero-order valence-electron chi connectivity index (χ0n) is 24.0. The van der Waals surface area contributed by atoms with E-state index < -0.39 is 35.8 Å². The molecule has 2 saturated heterocycles. The first-order valence-corrected chi connectivity index (χ1v) is 14.4. The quantitative estimate of drug-likeness (QED) is 0.305. The SMILES string of the molecule is O=C(O)CN1CCN(c2ccc(C(=O)Nc3cc(CN4CCC[C@H]4C(F)(F)F)c(-c4cccc(C(F)(F)F)c4)cn3)cc2)CC1. The average molecular weight is 636 g/mol. The zero-order valence-corrected chi connectivity index (χ0v) is 24.0. The summed E-state index contributed by atoms with van der Waals surface area (Å²) in [6.45, 7) is 2.35. The number of alkyl halides is 6. The first-order chi connectivity index (χ1) is 21.3. The van der Waals surface area contributed by atoms with Gasteiger partial charge in [-0.3, -0.25) is 19.4 Å². The van der Waals surface area contributed by atoms with Crippen molar-refractivity contribution in [2.45, 2.75) is 37.8 Å². The molecule has 1 amide bonds. The summed E-state index contributed by atoms with van der Waals surface area (Å²) < 4.78 is 81.4. The van der Waals surface area contributed by atoms with Gasteiger partial charge in [0.1, 0.15) is 11.9 Å². The minimum absolute atomic E-state index is 0.0233. The second-order valence-electron chi connectivity index (χ2n) is 11.1. The third-order valence-electron chi connectivity index (χ3n) is 8.07. The Balaban J connectivity index is 1.35. The molecule has 3 heterocycles. The summed E-state index contributed by atoms with van der Waals surface area (Å²) in [5.74, 6) is -1.35. The van der Waals surface area contributed by atoms with Crippen LogP contribution in [0.15, 0.2) is 60.8 Å². The third kappa shape index (κ3) is 7.92. The molecule has 0 unspecified atom stereocenters. The molecule has 3 aromatic rings. The van der Waals surface area contributed by atoms with Crippen LogP contribution in [0.1, 0.15) is 34.3 Å². The van der Waals surface area contributed by atoms with Gasteiger partial charge in [-0.2, -0.15) is 26.3 Å². The number of benzene rings is 2. The van der Waals surface area contributed by atoms with Crippen LogP contribution in [0.25, 0.3) is 11.1 Å². The van der Waals surface area contributed by atoms with Crippen molar-refractivity contribution in [3.63, 3.8) is 0 Å². The van der Waals surface area contributed by atoms with Crippen LogP contribution in [0.5, 0.6) is 0 Å². The highest BCUT2D eigenvalue weighted by molar-refractivity contribution is 6.04. The van der Waals surface area contributed by atoms with Gasteiger partial charge < -0.3 is 15.3 Å². The number of carbonyl (C=O) groups is 2. The van der Waals surface area contributed by atoms with Crippen LogP contribution in [-0.4, -0.2) is 83.3 Å². The number of likely N-dealkylation sites (tertiary alicyclic amines) is 1. The number of anilines is 2. The lowest BCUT2D eigenvalue weighted by molar-refractivity contribution is -0.177. The van der Waals surface area contributed by atoms with Gasteiger partial charge in [0.15, 0.2) is 0 Å². The molecule has 5 rings (SSSR count). The van der Waals surface area contributed by atoms with Gasteiger partial charge in [0, 0.05) is 55.7 Å². The Morgan fingerprint density at radius 3 is 2.29 bits per heavy atom. The van der Waals surface area contributed by atoms with Crippen LogP contribution in [0.4, 0.5) is 37.8 Å². The van der Waals surface area contributed by atoms with Crippen molar-refractivity contribution in [2.24, 2.45) is 0 Å². The van der Waals surface area contributed by atoms with E-state index in [1.807, 2.05) is 4.90 Å². The Hall–Kier alpha value is -4.17. The van der Waals surface area contributed by atoms with Crippen molar-refractivity contribution in [3.8, 4) is 11.1 Å². The molecule has 2 aliphatic heterocycles. The van der Waals surface area contributed by atoms with Gasteiger partial charge in [-0.1, -0.05) is 12.1 Å². The van der Waals surface area contributed by atoms with Gasteiger partial charge >= 0.3 is 18.3 Å². The molecule has 0 spiro atoms. The number of rotatable bonds is 8. The monoisotopic (exact) mass is 635 g/mol. The number of carbonyl (C=O) groups excluding carboxylic acids is 1. The van der Waals surface area contributed by atoms with Gasteiger partial charge in [-0.05, 0) is 73.0 Å². The molecule has 2 aromatic carbocycles. The molecule has 240 valence electrons. The van der Waals surface area contributed by atoms with Crippen molar-refractivity contribution in [1.29, 1.82) is 0 Å². The summed E-state index contributed by atoms with van der Waals surface area (Å²) in [7, 11) is 0. The van der Waals surface area contributed by atoms with Crippen LogP contribution in [0, 0.1) is 0 Å². The van der Waals surface area contributed by atoms with Crippen LogP contribution in [0.2, 0.25) is 0 Å². The molecule has 2 fully saturated rings. The number of halogens is 6. The number of aliphatic carboxylic acids is 1. The van der Waals surface area contributed by atoms with E-state index in [0.717, 1.165) is 17.8 Å². The predicted molar refractivity (Wildman–Crippen MR) is 155 cm³/mol. The number of piperazine rings is 1. The number of aromatic nitrogens is 1. The van der Waals surface area contributed by atoms with Gasteiger partial charge in [-0.15, -0.1) is 0 Å². The Morgan fingerprint density at radius 1 is 0.933 bits per heavy atom. The van der Waals surface area contributed by atoms with E-state index in [4.69, 9.17) is 5.11 Å². The second kappa shape index (κ2) is 13.1. The topological polar surface area (TPSA) is 89.0 Å². The highest BCUT2D eigenvalue weighted by Crippen LogP contribution is 2.37. The summed E-state index contributed by atoms with van der Waals surface area (Å²) in [6, 6.07) is 11.0. The van der Waals surface area contributed by atoms with Crippen LogP contribution >= 0.6 is 0 Å². The number of hydrogen-bond donors (Lipinski definition) is 2. The summed E-state index contributed by atoms with van der Waals surface area (Å²) >= 11 is 0. The molecular formula is C31H31F6N5O3. The molecule has 14 heteroatoms. The molecule has 0 radical (unpaired) electrons. The van der Waals surface area contributed by atoms with E-state index in [1.54, 1.807) is 24.3 Å². The number of hydrogen-bond acceptors (Lipinski definition) is 6. The Labute approximate surface area is 255 Å². The van der Waals surface area contributed by atoms with E-state index in [2.05, 4.69) is 15.2 Å². The van der Waals surface area contributed by atoms with Crippen LogP contribution < -0.4 is 10.2 Å². The Bertz CT molecular complexity index is 1520. The highest BCUT2D eigenvalue weighted by atomic mass is 19.4. The maximum Gasteiger partial charge on any atom is 0.416 e. The van der Waals surface area contributed by atoms with Crippen molar-refractivity contribution in [3.05, 3.63) is 77.5 Å². The largest absolute Gasteiger partial charge is 0.480 e. The van der Waals surface area contributed by atoms with Gasteiger partial charge in [0.25, 0.3) is 5.91 Å². The molecule has 45 heavy (non-hydrogen) atoms. The summed E-state index contributed by atoms with van der Waals surface area (Å²) in [6.07, 6.45) is -7.56. The Kier molecular flexibility index (Phi) is 9.35. The molecule has 1 aromatic heterocycles. The molecule has 8 nitrogen and oxygen atoms in total. The van der Waals surface area contributed by atoms with Crippen molar-refractivity contribution >= 4 is 23.4 Å². The summed E-state index contributed by atoms with van der Waals surface area (Å²) in [5, 5.41) is 11.6. The predicted octanol–water partition coefficient (Wildman–Crippen LogP) is 5.75. The summed E-state index contributed by atoms with van der Waals surface area (Å²) in [4.78, 5) is 33.4. The van der Waals surface area contributed by atoms with E-state index in [9.17, 15) is 35.9 Å². The Morgan fingerprint density at radius 2 is 1.64 bits per heavy atom. The summed E-state index contributed by atoms with van der Waals surface area (Å²) in [5.41, 5.74) is 0.936. The molecule has 1 atom stereocenters. The van der Waals surface area contributed by atoms with Crippen molar-refractivity contribution in [1.82, 2.24) is 14.8 Å². The highest BCUT2D eigenvalue weighted by Gasteiger charge is 2.45. The fourth-order valence-electron chi connectivity index (χ4n) is 5.79. The number of carboxylic acids is 1. The smallest absolute Gasteiger partial charge is 0.416 e. The molecule has 0 aliphatic carbocycles. The minimum atomic E-state index is -4.61. The standard InChI is InChI=1S/C31H31F6N5O3/c32-30(33,34)23-4-1-3-21(15-23)25-17-38-27(16-22(25)18-42-10-2-5-26(42)31(35,36)37)39-29(45)20-6-8-24(9-7-20)41-13-11-40(12-14-41)19-28(43)44/h1,3-4,6-9,15-17,26H,2,5,10-14,18-19H2,(H,43,44)(H,38,39,45)/t26-/m0/s1. The van der Waals surface area contributed by atoms with Crippen LogP contribution in [-0.2, 0) is 17.5 Å².